The molecule has 0 amide bonds. The van der Waals surface area contributed by atoms with E-state index in [0.717, 1.165) is 17.0 Å². The summed E-state index contributed by atoms with van der Waals surface area (Å²) >= 11 is 7.65. The quantitative estimate of drug-likeness (QED) is 0.612. The fourth-order valence-electron chi connectivity index (χ4n) is 4.45. The largest absolute Gasteiger partial charge is 0.384 e. The number of thiophene rings is 1. The second-order valence-corrected chi connectivity index (χ2v) is 10.3. The molecule has 2 heterocycles. The van der Waals surface area contributed by atoms with Gasteiger partial charge in [-0.1, -0.05) is 32.4 Å². The minimum Gasteiger partial charge on any atom is -0.384 e. The number of nitrogens with zero attached hydrogens (tertiary/aromatic N) is 2. The SMILES string of the molecule is CCc1ccc(C2C(C#N)=C(N)N(c3ccc(F)c(Cl)c3)C3=C2C(=O)CC(C)(C)C3)s1. The summed E-state index contributed by atoms with van der Waals surface area (Å²) in [6.07, 6.45) is 1.88. The maximum atomic E-state index is 13.8. The number of hydrogen-bond acceptors (Lipinski definition) is 5. The molecule has 0 saturated heterocycles. The van der Waals surface area contributed by atoms with Gasteiger partial charge in [-0.25, -0.2) is 4.39 Å². The molecule has 2 aromatic rings. The third kappa shape index (κ3) is 3.66. The third-order valence-electron chi connectivity index (χ3n) is 5.86. The van der Waals surface area contributed by atoms with Crippen molar-refractivity contribution < 1.29 is 9.18 Å². The molecular weight excluding hydrogens is 433 g/mol. The van der Waals surface area contributed by atoms with Crippen LogP contribution in [0.25, 0.3) is 0 Å². The molecule has 4 nitrogen and oxygen atoms in total. The van der Waals surface area contributed by atoms with E-state index < -0.39 is 11.7 Å². The van der Waals surface area contributed by atoms with Crippen LogP contribution in [0.4, 0.5) is 10.1 Å². The number of aryl methyl sites for hydroxylation is 1. The standard InChI is InChI=1S/C24H23ClFN3OS/c1-4-14-6-8-20(31-14)21-15(12-27)23(28)29(13-5-7-17(26)16(25)9-13)18-10-24(2,3)11-19(30)22(18)21/h5-9,21H,4,10-11,28H2,1-3H3. The molecule has 1 aromatic heterocycles. The highest BCUT2D eigenvalue weighted by Gasteiger charge is 2.45. The predicted octanol–water partition coefficient (Wildman–Crippen LogP) is 6.04. The second kappa shape index (κ2) is 7.81. The van der Waals surface area contributed by atoms with Gasteiger partial charge >= 0.3 is 0 Å². The zero-order valence-electron chi connectivity index (χ0n) is 17.6. The predicted molar refractivity (Wildman–Crippen MR) is 122 cm³/mol. The fourth-order valence-corrected chi connectivity index (χ4v) is 5.70. The monoisotopic (exact) mass is 455 g/mol. The molecule has 0 saturated carbocycles. The van der Waals surface area contributed by atoms with E-state index in [-0.39, 0.29) is 22.0 Å². The zero-order chi connectivity index (χ0) is 22.5. The minimum absolute atomic E-state index is 0.0150. The Bertz CT molecular complexity index is 1190. The van der Waals surface area contributed by atoms with Gasteiger partial charge in [0.1, 0.15) is 11.6 Å². The summed E-state index contributed by atoms with van der Waals surface area (Å²) < 4.78 is 13.8. The molecule has 160 valence electrons. The molecule has 1 aliphatic heterocycles. The van der Waals surface area contributed by atoms with Crippen molar-refractivity contribution in [2.45, 2.75) is 46.0 Å². The summed E-state index contributed by atoms with van der Waals surface area (Å²) in [4.78, 5) is 17.3. The van der Waals surface area contributed by atoms with Gasteiger partial charge in [0.25, 0.3) is 0 Å². The molecule has 0 fully saturated rings. The number of ketones is 1. The number of rotatable bonds is 3. The first-order chi connectivity index (χ1) is 14.7. The number of nitrogens with two attached hydrogens (primary N) is 1. The van der Waals surface area contributed by atoms with Crippen molar-refractivity contribution in [2.75, 3.05) is 4.90 Å². The Morgan fingerprint density at radius 2 is 2.06 bits per heavy atom. The number of hydrogen-bond donors (Lipinski definition) is 1. The van der Waals surface area contributed by atoms with Crippen molar-refractivity contribution in [1.29, 1.82) is 5.26 Å². The second-order valence-electron chi connectivity index (χ2n) is 8.74. The lowest BCUT2D eigenvalue weighted by Gasteiger charge is -2.43. The van der Waals surface area contributed by atoms with Gasteiger partial charge in [-0.15, -0.1) is 11.3 Å². The molecule has 1 atom stereocenters. The van der Waals surface area contributed by atoms with E-state index in [1.165, 1.54) is 17.0 Å². The van der Waals surface area contributed by atoms with E-state index in [1.807, 2.05) is 26.0 Å². The normalized spacial score (nSPS) is 20.7. The maximum Gasteiger partial charge on any atom is 0.162 e. The van der Waals surface area contributed by atoms with Crippen molar-refractivity contribution in [2.24, 2.45) is 11.1 Å². The highest BCUT2D eigenvalue weighted by molar-refractivity contribution is 7.12. The Hall–Kier alpha value is -2.62. The van der Waals surface area contributed by atoms with E-state index >= 15 is 0 Å². The van der Waals surface area contributed by atoms with Gasteiger partial charge in [-0.2, -0.15) is 5.26 Å². The smallest absolute Gasteiger partial charge is 0.162 e. The Morgan fingerprint density at radius 3 is 2.68 bits per heavy atom. The van der Waals surface area contributed by atoms with Crippen LogP contribution >= 0.6 is 22.9 Å². The van der Waals surface area contributed by atoms with Gasteiger partial charge in [0, 0.05) is 33.1 Å². The summed E-state index contributed by atoms with van der Waals surface area (Å²) in [6.45, 7) is 6.16. The molecule has 1 unspecified atom stereocenters. The molecule has 2 N–H and O–H groups in total. The van der Waals surface area contributed by atoms with Crippen LogP contribution in [-0.2, 0) is 11.2 Å². The van der Waals surface area contributed by atoms with Gasteiger partial charge in [-0.3, -0.25) is 9.69 Å². The van der Waals surface area contributed by atoms with Crippen molar-refractivity contribution in [1.82, 2.24) is 0 Å². The van der Waals surface area contributed by atoms with Crippen molar-refractivity contribution in [3.8, 4) is 6.07 Å². The molecule has 31 heavy (non-hydrogen) atoms. The first-order valence-corrected chi connectivity index (χ1v) is 11.4. The number of Topliss-reactive ketones (excluding diaryl/α,β-unsaturated/α-hetero) is 1. The molecule has 1 aliphatic carbocycles. The molecule has 7 heteroatoms. The lowest BCUT2D eigenvalue weighted by Crippen LogP contribution is -2.42. The Morgan fingerprint density at radius 1 is 1.32 bits per heavy atom. The van der Waals surface area contributed by atoms with E-state index in [9.17, 15) is 14.4 Å². The topological polar surface area (TPSA) is 70.1 Å². The first kappa shape index (κ1) is 21.6. The summed E-state index contributed by atoms with van der Waals surface area (Å²) in [5.41, 5.74) is 8.53. The number of halogens is 2. The highest BCUT2D eigenvalue weighted by Crippen LogP contribution is 2.51. The first-order valence-electron chi connectivity index (χ1n) is 10.2. The summed E-state index contributed by atoms with van der Waals surface area (Å²) in [5, 5.41) is 10.0. The van der Waals surface area contributed by atoms with E-state index in [0.29, 0.717) is 29.7 Å². The van der Waals surface area contributed by atoms with E-state index in [2.05, 4.69) is 13.0 Å². The van der Waals surface area contributed by atoms with Crippen LogP contribution in [0.2, 0.25) is 5.02 Å². The van der Waals surface area contributed by atoms with Gasteiger partial charge in [0.15, 0.2) is 5.78 Å². The van der Waals surface area contributed by atoms with Crippen LogP contribution in [0.15, 0.2) is 53.0 Å². The molecule has 4 rings (SSSR count). The summed E-state index contributed by atoms with van der Waals surface area (Å²) in [6, 6.07) is 10.6. The lowest BCUT2D eigenvalue weighted by atomic mass is 9.69. The average molecular weight is 456 g/mol. The van der Waals surface area contributed by atoms with Gasteiger partial charge < -0.3 is 5.73 Å². The summed E-state index contributed by atoms with van der Waals surface area (Å²) in [7, 11) is 0. The van der Waals surface area contributed by atoms with Crippen LogP contribution in [0.5, 0.6) is 0 Å². The number of allylic oxidation sites excluding steroid dienone is 3. The van der Waals surface area contributed by atoms with Crippen LogP contribution in [0, 0.1) is 22.6 Å². The van der Waals surface area contributed by atoms with Crippen molar-refractivity contribution in [3.05, 3.63) is 73.6 Å². The molecule has 0 spiro atoms. The number of carbonyl (C=O) groups excluding carboxylic acids is 1. The molecule has 0 bridgehead atoms. The number of benzene rings is 1. The van der Waals surface area contributed by atoms with Crippen LogP contribution in [-0.4, -0.2) is 5.78 Å². The number of carbonyl (C=O) groups is 1. The van der Waals surface area contributed by atoms with E-state index in [1.54, 1.807) is 22.3 Å². The molecule has 0 radical (unpaired) electrons. The Balaban J connectivity index is 1.99. The van der Waals surface area contributed by atoms with Crippen molar-refractivity contribution >= 4 is 34.4 Å². The highest BCUT2D eigenvalue weighted by atomic mass is 35.5. The van der Waals surface area contributed by atoms with Crippen LogP contribution in [0.3, 0.4) is 0 Å². The zero-order valence-corrected chi connectivity index (χ0v) is 19.2. The number of nitriles is 1. The summed E-state index contributed by atoms with van der Waals surface area (Å²) in [5.74, 6) is -0.753. The van der Waals surface area contributed by atoms with Gasteiger partial charge in [0.05, 0.1) is 22.6 Å². The third-order valence-corrected chi connectivity index (χ3v) is 7.44. The molecule has 2 aliphatic rings. The van der Waals surface area contributed by atoms with Gasteiger partial charge in [0.2, 0.25) is 0 Å². The van der Waals surface area contributed by atoms with E-state index in [4.69, 9.17) is 17.3 Å². The van der Waals surface area contributed by atoms with Crippen LogP contribution in [0.1, 0.15) is 49.3 Å². The maximum absolute atomic E-state index is 13.8. The number of anilines is 1. The van der Waals surface area contributed by atoms with Crippen LogP contribution < -0.4 is 10.6 Å². The Kier molecular flexibility index (Phi) is 5.45. The minimum atomic E-state index is -0.539. The van der Waals surface area contributed by atoms with Gasteiger partial charge in [-0.05, 0) is 48.6 Å². The Labute approximate surface area is 190 Å². The average Bonchev–Trinajstić information content (AvgIpc) is 3.17. The lowest BCUT2D eigenvalue weighted by molar-refractivity contribution is -0.118. The van der Waals surface area contributed by atoms with Crippen molar-refractivity contribution in [3.63, 3.8) is 0 Å². The fraction of sp³-hybridized carbons (Fsp3) is 0.333. The molecular formula is C24H23ClFN3OS. The molecule has 1 aromatic carbocycles.